The monoisotopic (exact) mass is 374 g/mol. The summed E-state index contributed by atoms with van der Waals surface area (Å²) in [6, 6.07) is 10.4. The molecule has 2 heterocycles. The molecule has 2 aliphatic rings. The average molecular weight is 375 g/mol. The van der Waals surface area contributed by atoms with Crippen molar-refractivity contribution < 1.29 is 4.79 Å². The lowest BCUT2D eigenvalue weighted by Crippen LogP contribution is -2.40. The van der Waals surface area contributed by atoms with Crippen LogP contribution in [0.1, 0.15) is 59.5 Å². The van der Waals surface area contributed by atoms with Crippen LogP contribution in [-0.2, 0) is 13.0 Å². The van der Waals surface area contributed by atoms with Crippen molar-refractivity contribution in [3.63, 3.8) is 0 Å². The molecule has 1 fully saturated rings. The zero-order valence-corrected chi connectivity index (χ0v) is 16.0. The number of carbonyl (C=O) groups excluding carboxylic acids is 1. The van der Waals surface area contributed by atoms with Gasteiger partial charge in [-0.2, -0.15) is 5.10 Å². The molecular formula is C20H27ClN4O. The van der Waals surface area contributed by atoms with Crippen LogP contribution in [0, 0.1) is 5.92 Å². The molecule has 1 aliphatic carbocycles. The van der Waals surface area contributed by atoms with Crippen molar-refractivity contribution >= 4 is 18.3 Å². The Balaban J connectivity index is 0.00000196. The minimum atomic E-state index is 0. The standard InChI is InChI=1S/C20H26N4O.ClH/c1-14(16-8-3-2-4-9-16)24(13-15-6-5-7-15)20(25)19-17-12-21-11-10-18(17)22-23-19;/h2-4,8-9,14-15,21H,5-7,10-13H2,1H3,(H,22,23);1H. The van der Waals surface area contributed by atoms with Gasteiger partial charge in [0.05, 0.1) is 6.04 Å². The number of aromatic nitrogens is 2. The van der Waals surface area contributed by atoms with Crippen LogP contribution in [-0.4, -0.2) is 34.1 Å². The number of nitrogens with zero attached hydrogens (tertiary/aromatic N) is 2. The van der Waals surface area contributed by atoms with E-state index >= 15 is 0 Å². The van der Waals surface area contributed by atoms with E-state index in [1.54, 1.807) is 0 Å². The molecule has 1 saturated carbocycles. The van der Waals surface area contributed by atoms with Gasteiger partial charge < -0.3 is 10.2 Å². The number of H-pyrrole nitrogens is 1. The third kappa shape index (κ3) is 3.64. The van der Waals surface area contributed by atoms with Crippen molar-refractivity contribution in [3.05, 3.63) is 52.8 Å². The number of rotatable bonds is 5. The number of fused-ring (bicyclic) bond motifs is 1. The first-order valence-electron chi connectivity index (χ1n) is 9.37. The summed E-state index contributed by atoms with van der Waals surface area (Å²) in [7, 11) is 0. The van der Waals surface area contributed by atoms with E-state index in [9.17, 15) is 4.79 Å². The Bertz CT molecular complexity index is 742. The van der Waals surface area contributed by atoms with Gasteiger partial charge in [0, 0.05) is 37.3 Å². The van der Waals surface area contributed by atoms with E-state index in [1.807, 2.05) is 23.1 Å². The second kappa shape index (κ2) is 8.23. The van der Waals surface area contributed by atoms with Crippen LogP contribution < -0.4 is 5.32 Å². The molecule has 1 unspecified atom stereocenters. The van der Waals surface area contributed by atoms with Gasteiger partial charge in [0.25, 0.3) is 5.91 Å². The van der Waals surface area contributed by atoms with Crippen molar-refractivity contribution in [1.82, 2.24) is 20.4 Å². The number of nitrogens with one attached hydrogen (secondary N) is 2. The van der Waals surface area contributed by atoms with Gasteiger partial charge >= 0.3 is 0 Å². The summed E-state index contributed by atoms with van der Waals surface area (Å²) < 4.78 is 0. The first-order chi connectivity index (χ1) is 12.2. The Labute approximate surface area is 161 Å². The largest absolute Gasteiger partial charge is 0.330 e. The van der Waals surface area contributed by atoms with Crippen molar-refractivity contribution in [1.29, 1.82) is 0 Å². The molecular weight excluding hydrogens is 348 g/mol. The van der Waals surface area contributed by atoms with E-state index in [0.717, 1.165) is 37.3 Å². The van der Waals surface area contributed by atoms with E-state index in [2.05, 4.69) is 34.6 Å². The molecule has 2 N–H and O–H groups in total. The van der Waals surface area contributed by atoms with Crippen LogP contribution in [0.3, 0.4) is 0 Å². The van der Waals surface area contributed by atoms with Crippen LogP contribution >= 0.6 is 12.4 Å². The second-order valence-electron chi connectivity index (χ2n) is 7.30. The first-order valence-corrected chi connectivity index (χ1v) is 9.37. The summed E-state index contributed by atoms with van der Waals surface area (Å²) in [5, 5.41) is 10.8. The minimum Gasteiger partial charge on any atom is -0.330 e. The van der Waals surface area contributed by atoms with E-state index in [0.29, 0.717) is 11.6 Å². The fourth-order valence-electron chi connectivity index (χ4n) is 3.82. The van der Waals surface area contributed by atoms with Gasteiger partial charge in [-0.05, 0) is 31.2 Å². The highest BCUT2D eigenvalue weighted by Crippen LogP contribution is 2.32. The summed E-state index contributed by atoms with van der Waals surface area (Å²) in [5.41, 5.74) is 3.94. The third-order valence-corrected chi connectivity index (χ3v) is 5.70. The second-order valence-corrected chi connectivity index (χ2v) is 7.30. The van der Waals surface area contributed by atoms with Crippen molar-refractivity contribution in [2.45, 2.75) is 45.2 Å². The maximum absolute atomic E-state index is 13.4. The highest BCUT2D eigenvalue weighted by molar-refractivity contribution is 5.94. The van der Waals surface area contributed by atoms with Crippen molar-refractivity contribution in [2.75, 3.05) is 13.1 Å². The topological polar surface area (TPSA) is 61.0 Å². The SMILES string of the molecule is CC(c1ccccc1)N(CC1CCC1)C(=O)c1n[nH]c2c1CNCC2.Cl. The number of hydrogen-bond donors (Lipinski definition) is 2. The fraction of sp³-hybridized carbons (Fsp3) is 0.500. The predicted octanol–water partition coefficient (Wildman–Crippen LogP) is 3.48. The number of hydrogen-bond acceptors (Lipinski definition) is 3. The molecule has 1 atom stereocenters. The van der Waals surface area contributed by atoms with Gasteiger partial charge in [-0.3, -0.25) is 9.89 Å². The number of carbonyl (C=O) groups is 1. The van der Waals surface area contributed by atoms with Crippen LogP contribution in [0.5, 0.6) is 0 Å². The Hall–Kier alpha value is -1.85. The van der Waals surface area contributed by atoms with Crippen LogP contribution in [0.2, 0.25) is 0 Å². The summed E-state index contributed by atoms with van der Waals surface area (Å²) in [5.74, 6) is 0.687. The molecule has 1 aromatic heterocycles. The Morgan fingerprint density at radius 3 is 2.77 bits per heavy atom. The Morgan fingerprint density at radius 2 is 2.08 bits per heavy atom. The molecule has 0 saturated heterocycles. The minimum absolute atomic E-state index is 0. The lowest BCUT2D eigenvalue weighted by Gasteiger charge is -2.36. The highest BCUT2D eigenvalue weighted by atomic mass is 35.5. The van der Waals surface area contributed by atoms with Gasteiger partial charge in [0.2, 0.25) is 0 Å². The molecule has 4 rings (SSSR count). The Kier molecular flexibility index (Phi) is 5.99. The smallest absolute Gasteiger partial charge is 0.275 e. The van der Waals surface area contributed by atoms with E-state index < -0.39 is 0 Å². The molecule has 1 amide bonds. The molecule has 1 aliphatic heterocycles. The van der Waals surface area contributed by atoms with Crippen molar-refractivity contribution in [3.8, 4) is 0 Å². The quantitative estimate of drug-likeness (QED) is 0.842. The zero-order chi connectivity index (χ0) is 17.2. The number of aromatic amines is 1. The highest BCUT2D eigenvalue weighted by Gasteiger charge is 2.32. The lowest BCUT2D eigenvalue weighted by molar-refractivity contribution is 0.0606. The third-order valence-electron chi connectivity index (χ3n) is 5.70. The normalized spacial score (nSPS) is 17.6. The zero-order valence-electron chi connectivity index (χ0n) is 15.2. The van der Waals surface area contributed by atoms with E-state index in [-0.39, 0.29) is 24.4 Å². The molecule has 140 valence electrons. The van der Waals surface area contributed by atoms with Crippen LogP contribution in [0.4, 0.5) is 0 Å². The summed E-state index contributed by atoms with van der Waals surface area (Å²) in [6.45, 7) is 4.62. The summed E-state index contributed by atoms with van der Waals surface area (Å²) >= 11 is 0. The van der Waals surface area contributed by atoms with E-state index in [4.69, 9.17) is 0 Å². The van der Waals surface area contributed by atoms with Gasteiger partial charge in [-0.1, -0.05) is 36.8 Å². The van der Waals surface area contributed by atoms with Crippen LogP contribution in [0.25, 0.3) is 0 Å². The molecule has 0 radical (unpaired) electrons. The van der Waals surface area contributed by atoms with Gasteiger partial charge in [-0.15, -0.1) is 12.4 Å². The number of amides is 1. The maximum Gasteiger partial charge on any atom is 0.275 e. The summed E-state index contributed by atoms with van der Waals surface area (Å²) in [4.78, 5) is 15.4. The maximum atomic E-state index is 13.4. The Morgan fingerprint density at radius 1 is 1.31 bits per heavy atom. The predicted molar refractivity (Wildman–Crippen MR) is 104 cm³/mol. The molecule has 6 heteroatoms. The van der Waals surface area contributed by atoms with Gasteiger partial charge in [0.1, 0.15) is 0 Å². The molecule has 2 aromatic rings. The molecule has 0 spiro atoms. The van der Waals surface area contributed by atoms with Gasteiger partial charge in [0.15, 0.2) is 5.69 Å². The fourth-order valence-corrected chi connectivity index (χ4v) is 3.82. The molecule has 0 bridgehead atoms. The lowest BCUT2D eigenvalue weighted by atomic mass is 9.84. The number of halogens is 1. The number of benzene rings is 1. The van der Waals surface area contributed by atoms with Crippen molar-refractivity contribution in [2.24, 2.45) is 5.92 Å². The average Bonchev–Trinajstić information content (AvgIpc) is 3.05. The molecule has 26 heavy (non-hydrogen) atoms. The van der Waals surface area contributed by atoms with Gasteiger partial charge in [-0.25, -0.2) is 0 Å². The molecule has 5 nitrogen and oxygen atoms in total. The van der Waals surface area contributed by atoms with E-state index in [1.165, 1.54) is 24.8 Å². The van der Waals surface area contributed by atoms with Crippen LogP contribution in [0.15, 0.2) is 30.3 Å². The first kappa shape index (κ1) is 18.9. The summed E-state index contributed by atoms with van der Waals surface area (Å²) in [6.07, 6.45) is 4.65. The molecule has 1 aromatic carbocycles.